The van der Waals surface area contributed by atoms with Crippen molar-refractivity contribution in [3.8, 4) is 5.75 Å². The van der Waals surface area contributed by atoms with Crippen LogP contribution >= 0.6 is 0 Å². The summed E-state index contributed by atoms with van der Waals surface area (Å²) in [6, 6.07) is 5.39. The average molecular weight is 263 g/mol. The number of ether oxygens (including phenoxy) is 1. The summed E-state index contributed by atoms with van der Waals surface area (Å²) in [6.45, 7) is -1.54. The Morgan fingerprint density at radius 2 is 2.11 bits per heavy atom. The fourth-order valence-corrected chi connectivity index (χ4v) is 1.16. The van der Waals surface area contributed by atoms with Crippen LogP contribution in [0.3, 0.4) is 0 Å². The third kappa shape index (κ3) is 5.05. The molecule has 0 bridgehead atoms. The van der Waals surface area contributed by atoms with E-state index in [2.05, 4.69) is 10.1 Å². The fraction of sp³-hybridized carbons (Fsp3) is 0.364. The lowest BCUT2D eigenvalue weighted by Crippen LogP contribution is -2.26. The summed E-state index contributed by atoms with van der Waals surface area (Å²) in [7, 11) is 0. The van der Waals surface area contributed by atoms with Crippen molar-refractivity contribution in [2.45, 2.75) is 6.18 Å². The van der Waals surface area contributed by atoms with E-state index < -0.39 is 18.7 Å². The molecule has 0 spiro atoms. The molecule has 0 aliphatic heterocycles. The zero-order valence-electron chi connectivity index (χ0n) is 9.33. The fourth-order valence-electron chi connectivity index (χ4n) is 1.16. The minimum Gasteiger partial charge on any atom is -0.484 e. The number of alkyl halides is 3. The zero-order chi connectivity index (χ0) is 13.6. The predicted molar refractivity (Wildman–Crippen MR) is 57.4 cm³/mol. The van der Waals surface area contributed by atoms with Gasteiger partial charge >= 0.3 is 6.18 Å². The molecule has 1 aromatic rings. The zero-order valence-corrected chi connectivity index (χ0v) is 9.33. The molecular formula is C11H12F3NO3. The van der Waals surface area contributed by atoms with E-state index in [0.29, 0.717) is 0 Å². The summed E-state index contributed by atoms with van der Waals surface area (Å²) >= 11 is 0. The molecule has 0 saturated heterocycles. The van der Waals surface area contributed by atoms with Gasteiger partial charge in [0.1, 0.15) is 5.75 Å². The van der Waals surface area contributed by atoms with Gasteiger partial charge in [-0.3, -0.25) is 4.79 Å². The molecule has 18 heavy (non-hydrogen) atoms. The van der Waals surface area contributed by atoms with Crippen molar-refractivity contribution in [1.82, 2.24) is 5.32 Å². The number of amides is 1. The van der Waals surface area contributed by atoms with Gasteiger partial charge in [0.05, 0.1) is 6.61 Å². The van der Waals surface area contributed by atoms with Crippen LogP contribution in [0.2, 0.25) is 0 Å². The summed E-state index contributed by atoms with van der Waals surface area (Å²) in [6.07, 6.45) is -4.42. The third-order valence-corrected chi connectivity index (χ3v) is 1.90. The molecule has 0 fully saturated rings. The summed E-state index contributed by atoms with van der Waals surface area (Å²) in [5.74, 6) is -0.523. The third-order valence-electron chi connectivity index (χ3n) is 1.90. The summed E-state index contributed by atoms with van der Waals surface area (Å²) < 4.78 is 40.3. The number of halogens is 3. The van der Waals surface area contributed by atoms with Crippen LogP contribution in [-0.4, -0.2) is 36.9 Å². The van der Waals surface area contributed by atoms with Gasteiger partial charge < -0.3 is 15.2 Å². The molecular weight excluding hydrogens is 251 g/mol. The highest BCUT2D eigenvalue weighted by Gasteiger charge is 2.28. The van der Waals surface area contributed by atoms with Crippen molar-refractivity contribution in [2.24, 2.45) is 0 Å². The first-order valence-electron chi connectivity index (χ1n) is 5.11. The van der Waals surface area contributed by atoms with E-state index in [1.54, 1.807) is 0 Å². The Kier molecular flexibility index (Phi) is 4.96. The molecule has 0 heterocycles. The summed E-state index contributed by atoms with van der Waals surface area (Å²) in [5, 5.41) is 10.9. The van der Waals surface area contributed by atoms with Crippen LogP contribution in [0.15, 0.2) is 24.3 Å². The molecule has 7 heteroatoms. The molecule has 0 aliphatic rings. The van der Waals surface area contributed by atoms with Gasteiger partial charge in [-0.2, -0.15) is 13.2 Å². The predicted octanol–water partition coefficient (Wildman–Crippen LogP) is 1.35. The second kappa shape index (κ2) is 6.25. The van der Waals surface area contributed by atoms with E-state index in [-0.39, 0.29) is 24.5 Å². The van der Waals surface area contributed by atoms with Crippen molar-refractivity contribution in [3.63, 3.8) is 0 Å². The van der Waals surface area contributed by atoms with E-state index in [1.165, 1.54) is 24.3 Å². The Morgan fingerprint density at radius 3 is 2.72 bits per heavy atom. The molecule has 0 atom stereocenters. The van der Waals surface area contributed by atoms with E-state index in [0.717, 1.165) is 0 Å². The van der Waals surface area contributed by atoms with Crippen molar-refractivity contribution in [2.75, 3.05) is 19.8 Å². The largest absolute Gasteiger partial charge is 0.484 e. The molecule has 0 radical (unpaired) electrons. The monoisotopic (exact) mass is 263 g/mol. The minimum absolute atomic E-state index is 0.0380. The summed E-state index contributed by atoms with van der Waals surface area (Å²) in [5.41, 5.74) is 0.170. The Bertz CT molecular complexity index is 407. The number of carbonyl (C=O) groups is 1. The van der Waals surface area contributed by atoms with Gasteiger partial charge in [0.25, 0.3) is 5.91 Å². The lowest BCUT2D eigenvalue weighted by atomic mass is 10.2. The molecule has 0 unspecified atom stereocenters. The molecule has 1 rings (SSSR count). The summed E-state index contributed by atoms with van der Waals surface area (Å²) in [4.78, 5) is 11.5. The topological polar surface area (TPSA) is 58.6 Å². The van der Waals surface area contributed by atoms with Gasteiger partial charge in [0.15, 0.2) is 6.61 Å². The number of hydrogen-bond donors (Lipinski definition) is 2. The van der Waals surface area contributed by atoms with Crippen LogP contribution in [0.5, 0.6) is 5.75 Å². The second-order valence-electron chi connectivity index (χ2n) is 3.41. The minimum atomic E-state index is -4.42. The maximum atomic E-state index is 11.9. The Labute approximate surface area is 101 Å². The van der Waals surface area contributed by atoms with Gasteiger partial charge in [-0.1, -0.05) is 6.07 Å². The number of rotatable bonds is 5. The lowest BCUT2D eigenvalue weighted by molar-refractivity contribution is -0.153. The first-order valence-corrected chi connectivity index (χ1v) is 5.11. The molecule has 0 aliphatic carbocycles. The highest BCUT2D eigenvalue weighted by Crippen LogP contribution is 2.19. The van der Waals surface area contributed by atoms with E-state index in [4.69, 9.17) is 5.11 Å². The number of nitrogens with one attached hydrogen (secondary N) is 1. The molecule has 0 saturated carbocycles. The van der Waals surface area contributed by atoms with Gasteiger partial charge in [-0.15, -0.1) is 0 Å². The van der Waals surface area contributed by atoms with Crippen LogP contribution < -0.4 is 10.1 Å². The quantitative estimate of drug-likeness (QED) is 0.843. The van der Waals surface area contributed by atoms with Crippen LogP contribution in [0.25, 0.3) is 0 Å². The van der Waals surface area contributed by atoms with E-state index in [9.17, 15) is 18.0 Å². The number of aliphatic hydroxyl groups is 1. The Morgan fingerprint density at radius 1 is 1.39 bits per heavy atom. The highest BCUT2D eigenvalue weighted by molar-refractivity contribution is 5.94. The molecule has 0 aromatic heterocycles. The van der Waals surface area contributed by atoms with Gasteiger partial charge in [0, 0.05) is 12.1 Å². The number of carbonyl (C=O) groups excluding carboxylic acids is 1. The van der Waals surface area contributed by atoms with Gasteiger partial charge in [-0.25, -0.2) is 0 Å². The molecule has 1 aromatic carbocycles. The van der Waals surface area contributed by atoms with E-state index in [1.807, 2.05) is 0 Å². The maximum Gasteiger partial charge on any atom is 0.422 e. The maximum absolute atomic E-state index is 11.9. The van der Waals surface area contributed by atoms with Crippen molar-refractivity contribution in [1.29, 1.82) is 0 Å². The number of hydrogen-bond acceptors (Lipinski definition) is 3. The van der Waals surface area contributed by atoms with Crippen molar-refractivity contribution in [3.05, 3.63) is 29.8 Å². The average Bonchev–Trinajstić information content (AvgIpc) is 2.33. The van der Waals surface area contributed by atoms with Crippen LogP contribution in [-0.2, 0) is 0 Å². The van der Waals surface area contributed by atoms with Crippen molar-refractivity contribution < 1.29 is 27.8 Å². The normalized spacial score (nSPS) is 11.1. The SMILES string of the molecule is O=C(NCCO)c1cccc(OCC(F)(F)F)c1. The van der Waals surface area contributed by atoms with Crippen molar-refractivity contribution >= 4 is 5.91 Å². The standard InChI is InChI=1S/C11H12F3NO3/c12-11(13,14)7-18-9-3-1-2-8(6-9)10(17)15-4-5-16/h1-3,6,16H,4-5,7H2,(H,15,17). The molecule has 100 valence electrons. The van der Waals surface area contributed by atoms with Gasteiger partial charge in [-0.05, 0) is 18.2 Å². The van der Waals surface area contributed by atoms with Crippen LogP contribution in [0, 0.1) is 0 Å². The lowest BCUT2D eigenvalue weighted by Gasteiger charge is -2.10. The number of benzene rings is 1. The smallest absolute Gasteiger partial charge is 0.422 e. The number of aliphatic hydroxyl groups excluding tert-OH is 1. The Hall–Kier alpha value is -1.76. The second-order valence-corrected chi connectivity index (χ2v) is 3.41. The first-order chi connectivity index (χ1) is 8.42. The highest BCUT2D eigenvalue weighted by atomic mass is 19.4. The van der Waals surface area contributed by atoms with E-state index >= 15 is 0 Å². The Balaban J connectivity index is 2.64. The molecule has 1 amide bonds. The molecule has 2 N–H and O–H groups in total. The van der Waals surface area contributed by atoms with Gasteiger partial charge in [0.2, 0.25) is 0 Å². The van der Waals surface area contributed by atoms with Crippen LogP contribution in [0.1, 0.15) is 10.4 Å². The van der Waals surface area contributed by atoms with Crippen LogP contribution in [0.4, 0.5) is 13.2 Å². The molecule has 4 nitrogen and oxygen atoms in total. The first kappa shape index (κ1) is 14.3.